The van der Waals surface area contributed by atoms with Gasteiger partial charge in [0.1, 0.15) is 11.5 Å². The number of pyridine rings is 1. The maximum absolute atomic E-state index is 13.0. The van der Waals surface area contributed by atoms with E-state index >= 15 is 0 Å². The van der Waals surface area contributed by atoms with Crippen LogP contribution in [0.25, 0.3) is 0 Å². The first-order valence-corrected chi connectivity index (χ1v) is 11.9. The van der Waals surface area contributed by atoms with Crippen LogP contribution >= 0.6 is 0 Å². The predicted octanol–water partition coefficient (Wildman–Crippen LogP) is 3.70. The molecule has 4 rings (SSSR count). The summed E-state index contributed by atoms with van der Waals surface area (Å²) in [4.78, 5) is 20.2. The SMILES string of the molecule is COc1ccc(CN2CCC(c3nc(C)ccc3C(=O)NCC3CCCO3)CC2)c(OC)c1. The predicted molar refractivity (Wildman–Crippen MR) is 127 cm³/mol. The van der Waals surface area contributed by atoms with Crippen LogP contribution in [0, 0.1) is 6.92 Å². The Balaban J connectivity index is 1.39. The zero-order chi connectivity index (χ0) is 23.2. The molecule has 2 saturated heterocycles. The average molecular weight is 454 g/mol. The molecule has 0 aliphatic carbocycles. The summed E-state index contributed by atoms with van der Waals surface area (Å²) in [7, 11) is 3.36. The lowest BCUT2D eigenvalue weighted by atomic mass is 9.89. The number of hydrogen-bond acceptors (Lipinski definition) is 6. The molecule has 3 heterocycles. The Hall–Kier alpha value is -2.64. The van der Waals surface area contributed by atoms with Gasteiger partial charge in [0.25, 0.3) is 5.91 Å². The van der Waals surface area contributed by atoms with Gasteiger partial charge in [-0.15, -0.1) is 0 Å². The standard InChI is InChI=1S/C26H35N3O4/c1-18-6-9-23(26(30)27-16-22-5-4-14-33-22)25(28-18)19-10-12-29(13-11-19)17-20-7-8-21(31-2)15-24(20)32-3/h6-9,15,19,22H,4-5,10-14,16-17H2,1-3H3,(H,27,30). The van der Waals surface area contributed by atoms with Crippen molar-refractivity contribution >= 4 is 5.91 Å². The molecule has 33 heavy (non-hydrogen) atoms. The summed E-state index contributed by atoms with van der Waals surface area (Å²) in [6.07, 6.45) is 4.16. The lowest BCUT2D eigenvalue weighted by Gasteiger charge is -2.32. The quantitative estimate of drug-likeness (QED) is 0.657. The van der Waals surface area contributed by atoms with Crippen LogP contribution < -0.4 is 14.8 Å². The number of carbonyl (C=O) groups is 1. The number of likely N-dealkylation sites (tertiary alicyclic amines) is 1. The second kappa shape index (κ2) is 11.0. The monoisotopic (exact) mass is 453 g/mol. The van der Waals surface area contributed by atoms with Gasteiger partial charge in [-0.3, -0.25) is 14.7 Å². The molecule has 1 aromatic heterocycles. The highest BCUT2D eigenvalue weighted by Crippen LogP contribution is 2.32. The van der Waals surface area contributed by atoms with Crippen molar-refractivity contribution in [2.45, 2.75) is 51.2 Å². The molecular formula is C26H35N3O4. The fraction of sp³-hybridized carbons (Fsp3) is 0.538. The van der Waals surface area contributed by atoms with Crippen LogP contribution in [0.2, 0.25) is 0 Å². The Labute approximate surface area is 196 Å². The van der Waals surface area contributed by atoms with Crippen molar-refractivity contribution in [3.05, 3.63) is 52.8 Å². The number of aryl methyl sites for hydroxylation is 1. The third-order valence-electron chi connectivity index (χ3n) is 6.69. The topological polar surface area (TPSA) is 72.9 Å². The molecule has 1 aromatic carbocycles. The first-order valence-electron chi connectivity index (χ1n) is 11.9. The Morgan fingerprint density at radius 3 is 2.67 bits per heavy atom. The summed E-state index contributed by atoms with van der Waals surface area (Å²) in [6, 6.07) is 9.83. The molecule has 178 valence electrons. The van der Waals surface area contributed by atoms with Gasteiger partial charge in [0.15, 0.2) is 0 Å². The maximum atomic E-state index is 13.0. The minimum Gasteiger partial charge on any atom is -0.497 e. The van der Waals surface area contributed by atoms with E-state index in [-0.39, 0.29) is 17.9 Å². The number of nitrogens with zero attached hydrogens (tertiary/aromatic N) is 2. The summed E-state index contributed by atoms with van der Waals surface area (Å²) in [5.74, 6) is 1.88. The maximum Gasteiger partial charge on any atom is 0.253 e. The van der Waals surface area contributed by atoms with E-state index in [1.54, 1.807) is 14.2 Å². The van der Waals surface area contributed by atoms with Gasteiger partial charge in [-0.25, -0.2) is 0 Å². The fourth-order valence-electron chi connectivity index (χ4n) is 4.77. The Morgan fingerprint density at radius 2 is 1.97 bits per heavy atom. The highest BCUT2D eigenvalue weighted by Gasteiger charge is 2.27. The molecule has 0 bridgehead atoms. The lowest BCUT2D eigenvalue weighted by molar-refractivity contribution is 0.0855. The first kappa shape index (κ1) is 23.5. The summed E-state index contributed by atoms with van der Waals surface area (Å²) >= 11 is 0. The fourth-order valence-corrected chi connectivity index (χ4v) is 4.77. The number of nitrogens with one attached hydrogen (secondary N) is 1. The van der Waals surface area contributed by atoms with Crippen LogP contribution in [0.1, 0.15) is 58.9 Å². The minimum atomic E-state index is -0.0431. The summed E-state index contributed by atoms with van der Waals surface area (Å²) in [6.45, 7) is 6.07. The van der Waals surface area contributed by atoms with Gasteiger partial charge in [0, 0.05) is 42.9 Å². The summed E-state index contributed by atoms with van der Waals surface area (Å²) in [5.41, 5.74) is 3.74. The molecule has 2 fully saturated rings. The normalized spacial score (nSPS) is 19.4. The lowest BCUT2D eigenvalue weighted by Crippen LogP contribution is -2.35. The van der Waals surface area contributed by atoms with Crippen LogP contribution in [-0.2, 0) is 11.3 Å². The van der Waals surface area contributed by atoms with Crippen molar-refractivity contribution in [2.75, 3.05) is 40.5 Å². The van der Waals surface area contributed by atoms with E-state index in [1.165, 1.54) is 0 Å². The van der Waals surface area contributed by atoms with Crippen molar-refractivity contribution in [1.82, 2.24) is 15.2 Å². The number of methoxy groups -OCH3 is 2. The van der Waals surface area contributed by atoms with E-state index < -0.39 is 0 Å². The average Bonchev–Trinajstić information content (AvgIpc) is 3.37. The molecule has 1 amide bonds. The Morgan fingerprint density at radius 1 is 1.15 bits per heavy atom. The van der Waals surface area contributed by atoms with E-state index in [9.17, 15) is 4.79 Å². The highest BCUT2D eigenvalue weighted by atomic mass is 16.5. The second-order valence-corrected chi connectivity index (χ2v) is 8.96. The van der Waals surface area contributed by atoms with Gasteiger partial charge in [0.2, 0.25) is 0 Å². The number of amides is 1. The molecule has 0 saturated carbocycles. The molecular weight excluding hydrogens is 418 g/mol. The van der Waals surface area contributed by atoms with Crippen LogP contribution in [-0.4, -0.2) is 62.4 Å². The molecule has 1 N–H and O–H groups in total. The van der Waals surface area contributed by atoms with Crippen molar-refractivity contribution < 1.29 is 19.0 Å². The van der Waals surface area contributed by atoms with Gasteiger partial charge < -0.3 is 19.5 Å². The summed E-state index contributed by atoms with van der Waals surface area (Å²) in [5, 5.41) is 3.06. The number of carbonyl (C=O) groups excluding carboxylic acids is 1. The minimum absolute atomic E-state index is 0.0431. The number of aromatic nitrogens is 1. The molecule has 2 aromatic rings. The highest BCUT2D eigenvalue weighted by molar-refractivity contribution is 5.95. The van der Waals surface area contributed by atoms with Crippen LogP contribution in [0.5, 0.6) is 11.5 Å². The van der Waals surface area contributed by atoms with Crippen LogP contribution in [0.4, 0.5) is 0 Å². The number of rotatable bonds is 8. The van der Waals surface area contributed by atoms with Crippen molar-refractivity contribution in [3.8, 4) is 11.5 Å². The van der Waals surface area contributed by atoms with Gasteiger partial charge in [0.05, 0.1) is 31.6 Å². The van der Waals surface area contributed by atoms with E-state index in [0.717, 1.165) is 80.4 Å². The zero-order valence-electron chi connectivity index (χ0n) is 19.9. The second-order valence-electron chi connectivity index (χ2n) is 8.96. The van der Waals surface area contributed by atoms with E-state index in [1.807, 2.05) is 31.2 Å². The van der Waals surface area contributed by atoms with Gasteiger partial charge in [-0.05, 0) is 63.9 Å². The first-order chi connectivity index (χ1) is 16.1. The zero-order valence-corrected chi connectivity index (χ0v) is 19.9. The Kier molecular flexibility index (Phi) is 7.83. The van der Waals surface area contributed by atoms with Gasteiger partial charge in [-0.1, -0.05) is 6.07 Å². The smallest absolute Gasteiger partial charge is 0.253 e. The van der Waals surface area contributed by atoms with Gasteiger partial charge in [-0.2, -0.15) is 0 Å². The number of hydrogen-bond donors (Lipinski definition) is 1. The molecule has 0 spiro atoms. The third-order valence-corrected chi connectivity index (χ3v) is 6.69. The molecule has 1 atom stereocenters. The Bertz CT molecular complexity index is 951. The molecule has 7 nitrogen and oxygen atoms in total. The van der Waals surface area contributed by atoms with Crippen LogP contribution in [0.3, 0.4) is 0 Å². The van der Waals surface area contributed by atoms with Crippen molar-refractivity contribution in [2.24, 2.45) is 0 Å². The third kappa shape index (κ3) is 5.84. The number of ether oxygens (including phenoxy) is 3. The van der Waals surface area contributed by atoms with Crippen molar-refractivity contribution in [1.29, 1.82) is 0 Å². The molecule has 2 aliphatic rings. The van der Waals surface area contributed by atoms with E-state index in [2.05, 4.69) is 16.3 Å². The molecule has 7 heteroatoms. The summed E-state index contributed by atoms with van der Waals surface area (Å²) < 4.78 is 16.5. The van der Waals surface area contributed by atoms with E-state index in [4.69, 9.17) is 19.2 Å². The molecule has 2 aliphatic heterocycles. The van der Waals surface area contributed by atoms with Crippen LogP contribution in [0.15, 0.2) is 30.3 Å². The van der Waals surface area contributed by atoms with E-state index in [0.29, 0.717) is 12.1 Å². The number of piperidine rings is 1. The molecule has 1 unspecified atom stereocenters. The van der Waals surface area contributed by atoms with Crippen molar-refractivity contribution in [3.63, 3.8) is 0 Å². The molecule has 0 radical (unpaired) electrons. The largest absolute Gasteiger partial charge is 0.497 e. The number of benzene rings is 1. The van der Waals surface area contributed by atoms with Gasteiger partial charge >= 0.3 is 0 Å².